The SMILES string of the molecule is BOc1c2n(ccc1=O)N([C@@H]1c3ccccc3SCc3c1ccc(F)c3F)[C@@H]1COCCN1C2=O. The van der Waals surface area contributed by atoms with E-state index in [1.807, 2.05) is 29.3 Å². The zero-order valence-electron chi connectivity index (χ0n) is 18.7. The smallest absolute Gasteiger partial charge is 0.322 e. The third-order valence-electron chi connectivity index (χ3n) is 6.74. The number of carbonyl (C=O) groups excluding carboxylic acids is 1. The van der Waals surface area contributed by atoms with Crippen molar-refractivity contribution in [2.45, 2.75) is 22.9 Å². The number of nitrogens with zero attached hydrogens (tertiary/aromatic N) is 3. The quantitative estimate of drug-likeness (QED) is 0.509. The van der Waals surface area contributed by atoms with Gasteiger partial charge in [-0.05, 0) is 23.3 Å². The van der Waals surface area contributed by atoms with E-state index in [2.05, 4.69) is 0 Å². The topological polar surface area (TPSA) is 64.0 Å². The highest BCUT2D eigenvalue weighted by atomic mass is 32.2. The molecule has 1 aromatic heterocycles. The van der Waals surface area contributed by atoms with Gasteiger partial charge in [0.2, 0.25) is 5.43 Å². The van der Waals surface area contributed by atoms with Crippen LogP contribution in [0.1, 0.15) is 33.2 Å². The predicted octanol–water partition coefficient (Wildman–Crippen LogP) is 2.20. The minimum atomic E-state index is -0.906. The van der Waals surface area contributed by atoms with Gasteiger partial charge in [-0.2, -0.15) is 0 Å². The number of hydrogen-bond donors (Lipinski definition) is 0. The van der Waals surface area contributed by atoms with Gasteiger partial charge in [0.25, 0.3) is 5.91 Å². The Labute approximate surface area is 204 Å². The van der Waals surface area contributed by atoms with Gasteiger partial charge in [0.1, 0.15) is 6.17 Å². The molecular weight excluding hydrogens is 475 g/mol. The fraction of sp³-hybridized carbons (Fsp3) is 0.250. The van der Waals surface area contributed by atoms with Crippen molar-refractivity contribution in [2.24, 2.45) is 0 Å². The minimum absolute atomic E-state index is 0.0609. The predicted molar refractivity (Wildman–Crippen MR) is 128 cm³/mol. The first-order valence-corrected chi connectivity index (χ1v) is 12.1. The van der Waals surface area contributed by atoms with Crippen LogP contribution >= 0.6 is 11.8 Å². The van der Waals surface area contributed by atoms with Gasteiger partial charge in [-0.15, -0.1) is 11.8 Å². The van der Waals surface area contributed by atoms with Crippen LogP contribution in [0.3, 0.4) is 0 Å². The van der Waals surface area contributed by atoms with Gasteiger partial charge in [0, 0.05) is 35.0 Å². The number of carbonyl (C=O) groups is 1. The van der Waals surface area contributed by atoms with Crippen molar-refractivity contribution in [3.63, 3.8) is 0 Å². The number of rotatable bonds is 2. The Kier molecular flexibility index (Phi) is 5.34. The molecule has 6 rings (SSSR count). The van der Waals surface area contributed by atoms with Crippen LogP contribution in [0.15, 0.2) is 58.4 Å². The fourth-order valence-electron chi connectivity index (χ4n) is 5.17. The average Bonchev–Trinajstić information content (AvgIpc) is 3.04. The number of benzene rings is 2. The summed E-state index contributed by atoms with van der Waals surface area (Å²) in [4.78, 5) is 28.7. The zero-order chi connectivity index (χ0) is 24.3. The van der Waals surface area contributed by atoms with Crippen molar-refractivity contribution < 1.29 is 23.0 Å². The zero-order valence-corrected chi connectivity index (χ0v) is 19.6. The molecule has 0 N–H and O–H groups in total. The van der Waals surface area contributed by atoms with Crippen LogP contribution in [0, 0.1) is 11.6 Å². The third-order valence-corrected chi connectivity index (χ3v) is 7.85. The maximum atomic E-state index is 15.1. The standard InChI is InChI=1S/C24H20BF2N3O4S/c25-34-23-17(31)7-8-29-22(23)24(32)28-9-10-33-11-19(28)30(29)21-13-5-6-16(26)20(27)15(13)12-35-18-4-2-1-3-14(18)21/h1-8,19,21H,9-12,25H2/t19-,21+/m1/s1. The first-order valence-electron chi connectivity index (χ1n) is 11.2. The van der Waals surface area contributed by atoms with Crippen LogP contribution in [-0.4, -0.2) is 49.5 Å². The van der Waals surface area contributed by atoms with Crippen molar-refractivity contribution in [3.05, 3.63) is 92.9 Å². The number of amides is 1. The van der Waals surface area contributed by atoms with E-state index in [-0.39, 0.29) is 35.3 Å². The van der Waals surface area contributed by atoms with Gasteiger partial charge in [0.05, 0.1) is 19.3 Å². The molecule has 1 amide bonds. The second kappa shape index (κ2) is 8.42. The van der Waals surface area contributed by atoms with E-state index in [0.717, 1.165) is 16.5 Å². The Hall–Kier alpha value is -3.31. The van der Waals surface area contributed by atoms with Crippen molar-refractivity contribution in [1.82, 2.24) is 9.58 Å². The summed E-state index contributed by atoms with van der Waals surface area (Å²) in [6.45, 7) is 0.882. The molecule has 3 aliphatic heterocycles. The number of fused-ring (bicyclic) bond motifs is 4. The summed E-state index contributed by atoms with van der Waals surface area (Å²) in [5.41, 5.74) is 1.42. The number of halogens is 2. The normalized spacial score (nSPS) is 20.9. The lowest BCUT2D eigenvalue weighted by atomic mass is 9.93. The maximum Gasteiger partial charge on any atom is 0.322 e. The van der Waals surface area contributed by atoms with E-state index in [1.165, 1.54) is 32.1 Å². The molecular formula is C24H20BF2N3O4S. The Morgan fingerprint density at radius 3 is 2.74 bits per heavy atom. The summed E-state index contributed by atoms with van der Waals surface area (Å²) in [6.07, 6.45) is 0.989. The molecule has 0 bridgehead atoms. The van der Waals surface area contributed by atoms with Crippen molar-refractivity contribution >= 4 is 25.7 Å². The van der Waals surface area contributed by atoms with E-state index >= 15 is 4.39 Å². The van der Waals surface area contributed by atoms with Gasteiger partial charge < -0.3 is 14.3 Å². The molecule has 2 aromatic carbocycles. The van der Waals surface area contributed by atoms with E-state index in [0.29, 0.717) is 18.7 Å². The maximum absolute atomic E-state index is 15.1. The molecule has 178 valence electrons. The molecule has 1 fully saturated rings. The number of aromatic nitrogens is 1. The van der Waals surface area contributed by atoms with Gasteiger partial charge in [-0.25, -0.2) is 8.78 Å². The first-order chi connectivity index (χ1) is 17.0. The lowest BCUT2D eigenvalue weighted by Gasteiger charge is -2.51. The highest BCUT2D eigenvalue weighted by Crippen LogP contribution is 2.45. The summed E-state index contributed by atoms with van der Waals surface area (Å²) in [5, 5.41) is 1.92. The largest absolute Gasteiger partial charge is 0.564 e. The van der Waals surface area contributed by atoms with Gasteiger partial charge >= 0.3 is 8.05 Å². The Balaban J connectivity index is 1.68. The molecule has 1 saturated heterocycles. The molecule has 0 saturated carbocycles. The second-order valence-electron chi connectivity index (χ2n) is 8.50. The number of thioether (sulfide) groups is 1. The Morgan fingerprint density at radius 1 is 1.09 bits per heavy atom. The van der Waals surface area contributed by atoms with Gasteiger partial charge in [-0.1, -0.05) is 24.3 Å². The first kappa shape index (κ1) is 22.2. The molecule has 0 aliphatic carbocycles. The summed E-state index contributed by atoms with van der Waals surface area (Å²) in [5.74, 6) is -1.93. The highest BCUT2D eigenvalue weighted by molar-refractivity contribution is 7.98. The van der Waals surface area contributed by atoms with Gasteiger partial charge in [0.15, 0.2) is 23.1 Å². The fourth-order valence-corrected chi connectivity index (χ4v) is 6.28. The average molecular weight is 495 g/mol. The number of ether oxygens (including phenoxy) is 1. The van der Waals surface area contributed by atoms with Crippen molar-refractivity contribution in [1.29, 1.82) is 0 Å². The lowest BCUT2D eigenvalue weighted by molar-refractivity contribution is -0.0196. The molecule has 7 nitrogen and oxygen atoms in total. The van der Waals surface area contributed by atoms with Crippen molar-refractivity contribution in [3.8, 4) is 5.75 Å². The van der Waals surface area contributed by atoms with Crippen LogP contribution in [0.4, 0.5) is 8.78 Å². The number of morpholine rings is 1. The second-order valence-corrected chi connectivity index (χ2v) is 9.52. The molecule has 35 heavy (non-hydrogen) atoms. The lowest BCUT2D eigenvalue weighted by Crippen LogP contribution is -2.66. The summed E-state index contributed by atoms with van der Waals surface area (Å²) in [6, 6.07) is 11.2. The van der Waals surface area contributed by atoms with E-state index in [9.17, 15) is 14.0 Å². The monoisotopic (exact) mass is 495 g/mol. The van der Waals surface area contributed by atoms with E-state index in [4.69, 9.17) is 9.39 Å². The molecule has 11 heteroatoms. The summed E-state index contributed by atoms with van der Waals surface area (Å²) in [7, 11) is 1.35. The molecule has 0 spiro atoms. The minimum Gasteiger partial charge on any atom is -0.564 e. The molecule has 0 radical (unpaired) electrons. The van der Waals surface area contributed by atoms with Gasteiger partial charge in [-0.3, -0.25) is 19.3 Å². The van der Waals surface area contributed by atoms with E-state index in [1.54, 1.807) is 15.6 Å². The van der Waals surface area contributed by atoms with E-state index < -0.39 is 29.3 Å². The molecule has 2 atom stereocenters. The number of pyridine rings is 1. The van der Waals surface area contributed by atoms with Crippen LogP contribution < -0.4 is 15.1 Å². The Bertz CT molecular complexity index is 1420. The number of hydrogen-bond acceptors (Lipinski definition) is 6. The molecule has 3 aliphatic rings. The third kappa shape index (κ3) is 3.29. The molecule has 3 aromatic rings. The summed E-state index contributed by atoms with van der Waals surface area (Å²) < 4.78 is 42.2. The van der Waals surface area contributed by atoms with Crippen molar-refractivity contribution in [2.75, 3.05) is 24.8 Å². The summed E-state index contributed by atoms with van der Waals surface area (Å²) >= 11 is 1.44. The van der Waals surface area contributed by atoms with Crippen LogP contribution in [0.25, 0.3) is 0 Å². The molecule has 0 unspecified atom stereocenters. The Morgan fingerprint density at radius 2 is 1.91 bits per heavy atom. The highest BCUT2D eigenvalue weighted by Gasteiger charge is 2.46. The van der Waals surface area contributed by atoms with Crippen LogP contribution in [0.5, 0.6) is 5.75 Å². The van der Waals surface area contributed by atoms with Crippen LogP contribution in [-0.2, 0) is 10.5 Å². The van der Waals surface area contributed by atoms with Crippen LogP contribution in [0.2, 0.25) is 0 Å². The molecule has 4 heterocycles.